The topological polar surface area (TPSA) is 87.7 Å². The summed E-state index contributed by atoms with van der Waals surface area (Å²) in [4.78, 5) is 24.5. The Morgan fingerprint density at radius 2 is 2.45 bits per heavy atom. The number of amides is 1. The summed E-state index contributed by atoms with van der Waals surface area (Å²) < 4.78 is 0. The van der Waals surface area contributed by atoms with E-state index in [4.69, 9.17) is 5.11 Å². The molecule has 0 heterocycles. The Morgan fingerprint density at radius 3 is 2.82 bits per heavy atom. The number of carbonyl (C=O) groups is 2. The van der Waals surface area contributed by atoms with E-state index < -0.39 is 12.1 Å². The van der Waals surface area contributed by atoms with Crippen molar-refractivity contribution in [2.45, 2.75) is 6.04 Å². The maximum atomic E-state index is 10.1. The van der Waals surface area contributed by atoms with Crippen molar-refractivity contribution >= 4 is 12.4 Å². The highest BCUT2D eigenvalue weighted by Gasteiger charge is 2.08. The van der Waals surface area contributed by atoms with Gasteiger partial charge in [0.25, 0.3) is 0 Å². The van der Waals surface area contributed by atoms with Crippen LogP contribution in [0.4, 0.5) is 4.79 Å². The third-order valence-electron chi connectivity index (χ3n) is 0.921. The molecule has 0 saturated heterocycles. The van der Waals surface area contributed by atoms with Crippen molar-refractivity contribution in [1.82, 2.24) is 10.8 Å². The van der Waals surface area contributed by atoms with Crippen LogP contribution in [-0.4, -0.2) is 37.2 Å². The van der Waals surface area contributed by atoms with E-state index in [1.807, 2.05) is 5.32 Å². The fraction of sp³-hybridized carbons (Fsp3) is 0.600. The van der Waals surface area contributed by atoms with Crippen molar-refractivity contribution in [3.63, 3.8) is 0 Å². The van der Waals surface area contributed by atoms with Crippen molar-refractivity contribution < 1.29 is 19.5 Å². The summed E-state index contributed by atoms with van der Waals surface area (Å²) in [6.07, 6.45) is -0.750. The van der Waals surface area contributed by atoms with Crippen LogP contribution in [-0.2, 0) is 9.63 Å². The zero-order valence-corrected chi connectivity index (χ0v) is 6.03. The normalized spacial score (nSPS) is 12.1. The van der Waals surface area contributed by atoms with Crippen LogP contribution in [0.25, 0.3) is 0 Å². The third-order valence-corrected chi connectivity index (χ3v) is 0.921. The highest BCUT2D eigenvalue weighted by Crippen LogP contribution is 1.75. The summed E-state index contributed by atoms with van der Waals surface area (Å²) in [5, 5.41) is 10.1. The smallest absolute Gasteiger partial charge is 0.405 e. The second-order valence-electron chi connectivity index (χ2n) is 1.74. The van der Waals surface area contributed by atoms with E-state index in [0.717, 1.165) is 0 Å². The fourth-order valence-electron chi connectivity index (χ4n) is 0.465. The molecular weight excluding hydrogens is 152 g/mol. The number of rotatable bonds is 5. The first-order valence-electron chi connectivity index (χ1n) is 2.91. The average Bonchev–Trinajstić information content (AvgIpc) is 1.97. The van der Waals surface area contributed by atoms with Crippen LogP contribution in [0.15, 0.2) is 0 Å². The van der Waals surface area contributed by atoms with Gasteiger partial charge in [-0.2, -0.15) is 0 Å². The molecule has 0 aromatic heterocycles. The van der Waals surface area contributed by atoms with Gasteiger partial charge in [-0.1, -0.05) is 0 Å². The van der Waals surface area contributed by atoms with Crippen molar-refractivity contribution in [3.05, 3.63) is 0 Å². The number of hydrogen-bond donors (Lipinski definition) is 3. The number of carboxylic acid groups (broad SMARTS) is 1. The summed E-state index contributed by atoms with van der Waals surface area (Å²) in [6.45, 7) is 0.117. The van der Waals surface area contributed by atoms with Gasteiger partial charge in [0.15, 0.2) is 0 Å². The molecule has 0 saturated carbocycles. The fourth-order valence-corrected chi connectivity index (χ4v) is 0.465. The van der Waals surface area contributed by atoms with Gasteiger partial charge in [0.2, 0.25) is 0 Å². The lowest BCUT2D eigenvalue weighted by Crippen LogP contribution is -2.42. The quantitative estimate of drug-likeness (QED) is 0.355. The maximum Gasteiger partial charge on any atom is 0.405 e. The van der Waals surface area contributed by atoms with Gasteiger partial charge in [0.05, 0.1) is 7.11 Å². The largest absolute Gasteiger partial charge is 0.465 e. The predicted molar refractivity (Wildman–Crippen MR) is 36.0 cm³/mol. The molecule has 1 atom stereocenters. The molecule has 11 heavy (non-hydrogen) atoms. The predicted octanol–water partition coefficient (Wildman–Crippen LogP) is -1.03. The van der Waals surface area contributed by atoms with Crippen molar-refractivity contribution in [2.24, 2.45) is 0 Å². The molecule has 0 spiro atoms. The molecule has 64 valence electrons. The van der Waals surface area contributed by atoms with Crippen LogP contribution in [0.3, 0.4) is 0 Å². The van der Waals surface area contributed by atoms with Crippen molar-refractivity contribution in [2.75, 3.05) is 13.7 Å². The van der Waals surface area contributed by atoms with Gasteiger partial charge >= 0.3 is 6.09 Å². The van der Waals surface area contributed by atoms with E-state index in [1.54, 1.807) is 0 Å². The van der Waals surface area contributed by atoms with Gasteiger partial charge < -0.3 is 20.1 Å². The molecule has 6 heteroatoms. The number of carbonyl (C=O) groups excluding carboxylic acids is 1. The lowest BCUT2D eigenvalue weighted by atomic mass is 10.3. The SMILES string of the molecule is CONCC(C=O)NC(=O)O. The summed E-state index contributed by atoms with van der Waals surface area (Å²) in [5.74, 6) is 0. The lowest BCUT2D eigenvalue weighted by molar-refractivity contribution is -0.109. The minimum Gasteiger partial charge on any atom is -0.465 e. The van der Waals surface area contributed by atoms with E-state index >= 15 is 0 Å². The number of hydrogen-bond acceptors (Lipinski definition) is 4. The molecule has 0 aliphatic carbocycles. The van der Waals surface area contributed by atoms with Gasteiger partial charge in [0, 0.05) is 6.54 Å². The third kappa shape index (κ3) is 5.31. The number of aldehydes is 1. The molecule has 0 aliphatic rings. The Kier molecular flexibility index (Phi) is 5.05. The van der Waals surface area contributed by atoms with Gasteiger partial charge in [-0.05, 0) is 0 Å². The molecule has 3 N–H and O–H groups in total. The molecule has 1 amide bonds. The minimum absolute atomic E-state index is 0.117. The average molecular weight is 162 g/mol. The zero-order chi connectivity index (χ0) is 8.69. The Labute approximate surface area is 63.5 Å². The number of nitrogens with one attached hydrogen (secondary N) is 2. The van der Waals surface area contributed by atoms with Crippen LogP contribution in [0.2, 0.25) is 0 Å². The maximum absolute atomic E-state index is 10.1. The summed E-state index contributed by atoms with van der Waals surface area (Å²) >= 11 is 0. The molecule has 0 aromatic rings. The first-order chi connectivity index (χ1) is 5.20. The molecule has 6 nitrogen and oxygen atoms in total. The van der Waals surface area contributed by atoms with E-state index in [1.165, 1.54) is 7.11 Å². The Bertz CT molecular complexity index is 138. The van der Waals surface area contributed by atoms with Crippen molar-refractivity contribution in [1.29, 1.82) is 0 Å². The Balaban J connectivity index is 3.57. The molecule has 0 fully saturated rings. The molecule has 0 bridgehead atoms. The molecule has 0 aromatic carbocycles. The second-order valence-corrected chi connectivity index (χ2v) is 1.74. The molecule has 0 radical (unpaired) electrons. The summed E-state index contributed by atoms with van der Waals surface area (Å²) in [7, 11) is 1.38. The minimum atomic E-state index is -1.24. The molecule has 0 rings (SSSR count). The van der Waals surface area contributed by atoms with Crippen LogP contribution in [0.5, 0.6) is 0 Å². The highest BCUT2D eigenvalue weighted by atomic mass is 16.6. The molecular formula is C5H10N2O4. The van der Waals surface area contributed by atoms with Gasteiger partial charge in [-0.15, -0.1) is 0 Å². The first-order valence-corrected chi connectivity index (χ1v) is 2.91. The summed E-state index contributed by atoms with van der Waals surface area (Å²) in [6, 6.07) is -0.771. The van der Waals surface area contributed by atoms with Crippen LogP contribution < -0.4 is 10.8 Å². The standard InChI is InChI=1S/C5H10N2O4/c1-11-6-2-4(3-8)7-5(9)10/h3-4,6-7H,2H2,1H3,(H,9,10). The first kappa shape index (κ1) is 9.86. The Hall–Kier alpha value is -1.14. The van der Waals surface area contributed by atoms with Gasteiger partial charge in [-0.3, -0.25) is 0 Å². The highest BCUT2D eigenvalue weighted by molar-refractivity contribution is 5.71. The number of hydroxylamine groups is 1. The monoisotopic (exact) mass is 162 g/mol. The van der Waals surface area contributed by atoms with E-state index in [0.29, 0.717) is 6.29 Å². The summed E-state index contributed by atoms with van der Waals surface area (Å²) in [5.41, 5.74) is 2.35. The van der Waals surface area contributed by atoms with E-state index in [9.17, 15) is 9.59 Å². The van der Waals surface area contributed by atoms with Crippen LogP contribution in [0.1, 0.15) is 0 Å². The lowest BCUT2D eigenvalue weighted by Gasteiger charge is -2.08. The van der Waals surface area contributed by atoms with E-state index in [-0.39, 0.29) is 6.54 Å². The van der Waals surface area contributed by atoms with Gasteiger partial charge in [-0.25, -0.2) is 10.3 Å². The van der Waals surface area contributed by atoms with Crippen molar-refractivity contribution in [3.8, 4) is 0 Å². The Morgan fingerprint density at radius 1 is 1.82 bits per heavy atom. The molecule has 1 unspecified atom stereocenters. The van der Waals surface area contributed by atoms with Crippen LogP contribution in [0, 0.1) is 0 Å². The second kappa shape index (κ2) is 5.63. The molecule has 0 aliphatic heterocycles. The zero-order valence-electron chi connectivity index (χ0n) is 6.03. The van der Waals surface area contributed by atoms with Gasteiger partial charge in [0.1, 0.15) is 12.3 Å². The van der Waals surface area contributed by atoms with E-state index in [2.05, 4.69) is 10.3 Å². The van der Waals surface area contributed by atoms with Crippen LogP contribution >= 0.6 is 0 Å².